The molecule has 2 aromatic rings. The van der Waals surface area contributed by atoms with Gasteiger partial charge < -0.3 is 15.5 Å². The molecule has 0 saturated carbocycles. The average Bonchev–Trinajstić information content (AvgIpc) is 2.62. The van der Waals surface area contributed by atoms with Crippen molar-refractivity contribution >= 4 is 23.2 Å². The SMILES string of the molecule is CCC(=O)Nc1cccc(NCC(=O)N(C)Cc2ccccc2)c1C. The van der Waals surface area contributed by atoms with Gasteiger partial charge in [0.25, 0.3) is 0 Å². The molecule has 0 aliphatic heterocycles. The van der Waals surface area contributed by atoms with E-state index in [1.54, 1.807) is 11.9 Å². The van der Waals surface area contributed by atoms with Crippen LogP contribution in [0, 0.1) is 6.92 Å². The monoisotopic (exact) mass is 339 g/mol. The predicted octanol–water partition coefficient (Wildman–Crippen LogP) is 3.41. The fourth-order valence-electron chi connectivity index (χ4n) is 2.45. The highest BCUT2D eigenvalue weighted by Crippen LogP contribution is 2.23. The fourth-order valence-corrected chi connectivity index (χ4v) is 2.45. The Balaban J connectivity index is 1.95. The van der Waals surface area contributed by atoms with E-state index in [9.17, 15) is 9.59 Å². The van der Waals surface area contributed by atoms with Gasteiger partial charge in [-0.2, -0.15) is 0 Å². The lowest BCUT2D eigenvalue weighted by molar-refractivity contribution is -0.128. The van der Waals surface area contributed by atoms with E-state index in [-0.39, 0.29) is 18.4 Å². The van der Waals surface area contributed by atoms with Crippen LogP contribution >= 0.6 is 0 Å². The number of hydrogen-bond donors (Lipinski definition) is 2. The molecule has 0 aliphatic carbocycles. The van der Waals surface area contributed by atoms with Gasteiger partial charge in [0.1, 0.15) is 0 Å². The molecule has 0 aliphatic rings. The van der Waals surface area contributed by atoms with Crippen LogP contribution in [0.2, 0.25) is 0 Å². The molecule has 5 heteroatoms. The van der Waals surface area contributed by atoms with Crippen molar-refractivity contribution in [2.24, 2.45) is 0 Å². The standard InChI is InChI=1S/C20H25N3O2/c1-4-19(24)22-18-12-8-11-17(15(18)2)21-13-20(25)23(3)14-16-9-6-5-7-10-16/h5-12,21H,4,13-14H2,1-3H3,(H,22,24). The molecule has 0 bridgehead atoms. The second-order valence-electron chi connectivity index (χ2n) is 5.97. The van der Waals surface area contributed by atoms with Crippen LogP contribution in [0.1, 0.15) is 24.5 Å². The minimum atomic E-state index is -0.0288. The molecule has 2 aromatic carbocycles. The molecule has 5 nitrogen and oxygen atoms in total. The molecular weight excluding hydrogens is 314 g/mol. The molecule has 0 heterocycles. The maximum atomic E-state index is 12.3. The summed E-state index contributed by atoms with van der Waals surface area (Å²) in [5.41, 5.74) is 3.62. The number of benzene rings is 2. The molecule has 0 atom stereocenters. The lowest BCUT2D eigenvalue weighted by atomic mass is 10.1. The number of hydrogen-bond acceptors (Lipinski definition) is 3. The lowest BCUT2D eigenvalue weighted by Gasteiger charge is -2.19. The molecule has 0 saturated heterocycles. The van der Waals surface area contributed by atoms with Crippen molar-refractivity contribution in [3.05, 3.63) is 59.7 Å². The minimum absolute atomic E-state index is 0.00579. The van der Waals surface area contributed by atoms with Gasteiger partial charge >= 0.3 is 0 Å². The Kier molecular flexibility index (Phi) is 6.57. The van der Waals surface area contributed by atoms with Crippen molar-refractivity contribution in [2.45, 2.75) is 26.8 Å². The maximum Gasteiger partial charge on any atom is 0.241 e. The first-order chi connectivity index (χ1) is 12.0. The van der Waals surface area contributed by atoms with E-state index in [1.807, 2.05) is 62.4 Å². The molecule has 0 fully saturated rings. The Morgan fingerprint density at radius 2 is 1.68 bits per heavy atom. The van der Waals surface area contributed by atoms with Gasteiger partial charge in [-0.05, 0) is 30.2 Å². The van der Waals surface area contributed by atoms with E-state index in [4.69, 9.17) is 0 Å². The third-order valence-corrected chi connectivity index (χ3v) is 4.05. The summed E-state index contributed by atoms with van der Waals surface area (Å²) in [6.07, 6.45) is 0.430. The van der Waals surface area contributed by atoms with Crippen LogP contribution in [-0.2, 0) is 16.1 Å². The Morgan fingerprint density at radius 3 is 2.36 bits per heavy atom. The first-order valence-electron chi connectivity index (χ1n) is 8.42. The normalized spacial score (nSPS) is 10.2. The number of amides is 2. The lowest BCUT2D eigenvalue weighted by Crippen LogP contribution is -2.31. The van der Waals surface area contributed by atoms with E-state index in [0.717, 1.165) is 22.5 Å². The van der Waals surface area contributed by atoms with Gasteiger partial charge in [-0.1, -0.05) is 43.3 Å². The molecule has 2 rings (SSSR count). The number of carbonyl (C=O) groups is 2. The first-order valence-corrected chi connectivity index (χ1v) is 8.42. The molecule has 2 amide bonds. The quantitative estimate of drug-likeness (QED) is 0.812. The summed E-state index contributed by atoms with van der Waals surface area (Å²) >= 11 is 0. The van der Waals surface area contributed by atoms with Gasteiger partial charge in [0, 0.05) is 31.4 Å². The van der Waals surface area contributed by atoms with Crippen molar-refractivity contribution in [1.82, 2.24) is 4.90 Å². The van der Waals surface area contributed by atoms with Crippen LogP contribution in [0.25, 0.3) is 0 Å². The van der Waals surface area contributed by atoms with E-state index < -0.39 is 0 Å². The van der Waals surface area contributed by atoms with Crippen LogP contribution in [0.3, 0.4) is 0 Å². The van der Waals surface area contributed by atoms with E-state index >= 15 is 0 Å². The highest BCUT2D eigenvalue weighted by molar-refractivity contribution is 5.92. The van der Waals surface area contributed by atoms with Gasteiger partial charge in [0.15, 0.2) is 0 Å². The molecule has 132 valence electrons. The van der Waals surface area contributed by atoms with Crippen LogP contribution < -0.4 is 10.6 Å². The Labute approximate surface area is 149 Å². The van der Waals surface area contributed by atoms with Crippen LogP contribution in [0.15, 0.2) is 48.5 Å². The predicted molar refractivity (Wildman–Crippen MR) is 102 cm³/mol. The third kappa shape index (κ3) is 5.35. The highest BCUT2D eigenvalue weighted by atomic mass is 16.2. The summed E-state index contributed by atoms with van der Waals surface area (Å²) in [4.78, 5) is 25.6. The Bertz CT molecular complexity index is 729. The number of anilines is 2. The summed E-state index contributed by atoms with van der Waals surface area (Å²) < 4.78 is 0. The zero-order valence-electron chi connectivity index (χ0n) is 15.0. The van der Waals surface area contributed by atoms with Crippen molar-refractivity contribution < 1.29 is 9.59 Å². The molecule has 2 N–H and O–H groups in total. The number of likely N-dealkylation sites (N-methyl/N-ethyl adjacent to an activating group) is 1. The molecular formula is C20H25N3O2. The first kappa shape index (κ1) is 18.5. The number of nitrogens with one attached hydrogen (secondary N) is 2. The van der Waals surface area contributed by atoms with Gasteiger partial charge in [-0.15, -0.1) is 0 Å². The topological polar surface area (TPSA) is 61.4 Å². The molecule has 0 aromatic heterocycles. The zero-order valence-corrected chi connectivity index (χ0v) is 15.0. The van der Waals surface area contributed by atoms with Crippen molar-refractivity contribution in [1.29, 1.82) is 0 Å². The van der Waals surface area contributed by atoms with Crippen LogP contribution in [0.4, 0.5) is 11.4 Å². The number of carbonyl (C=O) groups excluding carboxylic acids is 2. The van der Waals surface area contributed by atoms with E-state index in [0.29, 0.717) is 13.0 Å². The van der Waals surface area contributed by atoms with E-state index in [1.165, 1.54) is 0 Å². The highest BCUT2D eigenvalue weighted by Gasteiger charge is 2.11. The Hall–Kier alpha value is -2.82. The summed E-state index contributed by atoms with van der Waals surface area (Å²) in [6, 6.07) is 15.5. The zero-order chi connectivity index (χ0) is 18.2. The Morgan fingerprint density at radius 1 is 1.00 bits per heavy atom. The van der Waals surface area contributed by atoms with Gasteiger partial charge in [0.2, 0.25) is 11.8 Å². The molecule has 0 unspecified atom stereocenters. The van der Waals surface area contributed by atoms with E-state index in [2.05, 4.69) is 10.6 Å². The summed E-state index contributed by atoms with van der Waals surface area (Å²) in [6.45, 7) is 4.52. The molecule has 0 radical (unpaired) electrons. The van der Waals surface area contributed by atoms with Crippen LogP contribution in [0.5, 0.6) is 0 Å². The van der Waals surface area contributed by atoms with Crippen molar-refractivity contribution in [2.75, 3.05) is 24.2 Å². The van der Waals surface area contributed by atoms with Crippen LogP contribution in [-0.4, -0.2) is 30.3 Å². The van der Waals surface area contributed by atoms with Gasteiger partial charge in [-0.3, -0.25) is 9.59 Å². The number of nitrogens with zero attached hydrogens (tertiary/aromatic N) is 1. The average molecular weight is 339 g/mol. The summed E-state index contributed by atoms with van der Waals surface area (Å²) in [7, 11) is 1.79. The second-order valence-corrected chi connectivity index (χ2v) is 5.97. The van der Waals surface area contributed by atoms with Gasteiger partial charge in [-0.25, -0.2) is 0 Å². The molecule has 25 heavy (non-hydrogen) atoms. The number of rotatable bonds is 7. The summed E-state index contributed by atoms with van der Waals surface area (Å²) in [5.74, 6) is -0.0230. The molecule has 0 spiro atoms. The smallest absolute Gasteiger partial charge is 0.241 e. The second kappa shape index (κ2) is 8.87. The minimum Gasteiger partial charge on any atom is -0.376 e. The van der Waals surface area contributed by atoms with Crippen molar-refractivity contribution in [3.8, 4) is 0 Å². The maximum absolute atomic E-state index is 12.3. The van der Waals surface area contributed by atoms with Crippen molar-refractivity contribution in [3.63, 3.8) is 0 Å². The van der Waals surface area contributed by atoms with Gasteiger partial charge in [0.05, 0.1) is 6.54 Å². The third-order valence-electron chi connectivity index (χ3n) is 4.05. The summed E-state index contributed by atoms with van der Waals surface area (Å²) in [5, 5.41) is 6.04. The fraction of sp³-hybridized carbons (Fsp3) is 0.300. The largest absolute Gasteiger partial charge is 0.376 e.